The molecule has 4 rings (SSSR count). The number of sulfonamides is 1. The third-order valence-electron chi connectivity index (χ3n) is 6.00. The van der Waals surface area contributed by atoms with E-state index in [4.69, 9.17) is 0 Å². The van der Waals surface area contributed by atoms with Gasteiger partial charge >= 0.3 is 0 Å². The summed E-state index contributed by atoms with van der Waals surface area (Å²) in [4.78, 5) is 24.8. The molecule has 0 saturated carbocycles. The lowest BCUT2D eigenvalue weighted by Crippen LogP contribution is -2.43. The van der Waals surface area contributed by atoms with Gasteiger partial charge in [0.1, 0.15) is 0 Å². The first kappa shape index (κ1) is 21.5. The summed E-state index contributed by atoms with van der Waals surface area (Å²) in [6, 6.07) is 12.4. The number of nitrogens with one attached hydrogen (secondary N) is 2. The van der Waals surface area contributed by atoms with Crippen molar-refractivity contribution in [1.82, 2.24) is 4.31 Å². The molecule has 0 radical (unpaired) electrons. The molecular weight excluding hydrogens is 414 g/mol. The van der Waals surface area contributed by atoms with Crippen molar-refractivity contribution in [2.45, 2.75) is 43.9 Å². The van der Waals surface area contributed by atoms with Gasteiger partial charge in [-0.15, -0.1) is 0 Å². The van der Waals surface area contributed by atoms with Crippen molar-refractivity contribution in [1.29, 1.82) is 0 Å². The van der Waals surface area contributed by atoms with Gasteiger partial charge in [-0.2, -0.15) is 4.31 Å². The van der Waals surface area contributed by atoms with Crippen LogP contribution in [0.3, 0.4) is 0 Å². The number of amides is 2. The molecule has 0 aliphatic carbocycles. The number of benzene rings is 2. The summed E-state index contributed by atoms with van der Waals surface area (Å²) in [7, 11) is -3.73. The minimum atomic E-state index is -3.73. The average Bonchev–Trinajstić information content (AvgIpc) is 2.95. The molecule has 0 spiro atoms. The Balaban J connectivity index is 1.51. The summed E-state index contributed by atoms with van der Waals surface area (Å²) in [5, 5.41) is 5.77. The van der Waals surface area contributed by atoms with Gasteiger partial charge in [0.25, 0.3) is 0 Å². The van der Waals surface area contributed by atoms with E-state index in [1.54, 1.807) is 12.1 Å². The molecule has 0 aromatic heterocycles. The van der Waals surface area contributed by atoms with Gasteiger partial charge in [-0.3, -0.25) is 9.59 Å². The molecule has 2 amide bonds. The molecule has 2 aromatic carbocycles. The molecule has 1 fully saturated rings. The van der Waals surface area contributed by atoms with Gasteiger partial charge in [-0.25, -0.2) is 8.42 Å². The fourth-order valence-electron chi connectivity index (χ4n) is 4.18. The third kappa shape index (κ3) is 4.65. The number of para-hydroxylation sites is 1. The van der Waals surface area contributed by atoms with Crippen LogP contribution in [0.15, 0.2) is 47.4 Å². The zero-order valence-corrected chi connectivity index (χ0v) is 18.4. The number of rotatable bonds is 4. The number of carbonyl (C=O) groups is 2. The highest BCUT2D eigenvalue weighted by Gasteiger charge is 2.34. The van der Waals surface area contributed by atoms with Crippen molar-refractivity contribution in [2.24, 2.45) is 5.92 Å². The van der Waals surface area contributed by atoms with Crippen LogP contribution in [0.4, 0.5) is 11.4 Å². The van der Waals surface area contributed by atoms with Gasteiger partial charge in [-0.05, 0) is 68.0 Å². The molecule has 1 atom stereocenters. The molecule has 2 aromatic rings. The van der Waals surface area contributed by atoms with Crippen LogP contribution in [-0.4, -0.2) is 37.6 Å². The molecular formula is C23H27N3O4S. The number of hydrogen-bond acceptors (Lipinski definition) is 4. The van der Waals surface area contributed by atoms with Crippen LogP contribution in [0.1, 0.15) is 36.8 Å². The Morgan fingerprint density at radius 1 is 1.13 bits per heavy atom. The topological polar surface area (TPSA) is 95.6 Å². The quantitative estimate of drug-likeness (QED) is 0.761. The van der Waals surface area contributed by atoms with Crippen LogP contribution in [0.5, 0.6) is 0 Å². The van der Waals surface area contributed by atoms with E-state index in [-0.39, 0.29) is 23.3 Å². The Kier molecular flexibility index (Phi) is 6.11. The van der Waals surface area contributed by atoms with E-state index in [2.05, 4.69) is 10.6 Å². The highest BCUT2D eigenvalue weighted by molar-refractivity contribution is 7.89. The van der Waals surface area contributed by atoms with Gasteiger partial charge in [0.05, 0.1) is 10.8 Å². The minimum absolute atomic E-state index is 0.0482. The summed E-state index contributed by atoms with van der Waals surface area (Å²) < 4.78 is 28.0. The maximum atomic E-state index is 13.3. The molecule has 0 bridgehead atoms. The Labute approximate surface area is 182 Å². The summed E-state index contributed by atoms with van der Waals surface area (Å²) in [6.45, 7) is 2.48. The fourth-order valence-corrected chi connectivity index (χ4v) is 5.76. The second-order valence-electron chi connectivity index (χ2n) is 8.23. The first-order valence-electron chi connectivity index (χ1n) is 10.6. The highest BCUT2D eigenvalue weighted by atomic mass is 32.2. The summed E-state index contributed by atoms with van der Waals surface area (Å²) >= 11 is 0. The SMILES string of the molecule is Cc1ccccc1NC(=O)[C@H]1CCCN(S(=O)(=O)c2ccc3c(c2)CCCC(=O)N3)C1. The maximum absolute atomic E-state index is 13.3. The van der Waals surface area contributed by atoms with E-state index < -0.39 is 15.9 Å². The molecule has 8 heteroatoms. The van der Waals surface area contributed by atoms with Gasteiger partial charge in [0, 0.05) is 30.9 Å². The molecule has 31 heavy (non-hydrogen) atoms. The van der Waals surface area contributed by atoms with Crippen molar-refractivity contribution in [3.05, 3.63) is 53.6 Å². The molecule has 2 heterocycles. The number of carbonyl (C=O) groups excluding carboxylic acids is 2. The van der Waals surface area contributed by atoms with Crippen molar-refractivity contribution in [2.75, 3.05) is 23.7 Å². The van der Waals surface area contributed by atoms with E-state index in [0.29, 0.717) is 44.3 Å². The Hall–Kier alpha value is -2.71. The molecule has 164 valence electrons. The smallest absolute Gasteiger partial charge is 0.243 e. The first-order chi connectivity index (χ1) is 14.8. The monoisotopic (exact) mass is 441 g/mol. The Morgan fingerprint density at radius 2 is 1.94 bits per heavy atom. The number of fused-ring (bicyclic) bond motifs is 1. The largest absolute Gasteiger partial charge is 0.326 e. The highest BCUT2D eigenvalue weighted by Crippen LogP contribution is 2.29. The number of piperidine rings is 1. The van der Waals surface area contributed by atoms with Crippen molar-refractivity contribution < 1.29 is 18.0 Å². The number of anilines is 2. The zero-order valence-electron chi connectivity index (χ0n) is 17.6. The number of nitrogens with zero attached hydrogens (tertiary/aromatic N) is 1. The molecule has 2 aliphatic heterocycles. The van der Waals surface area contributed by atoms with Gasteiger partial charge in [0.2, 0.25) is 21.8 Å². The average molecular weight is 442 g/mol. The molecule has 1 saturated heterocycles. The first-order valence-corrected chi connectivity index (χ1v) is 12.1. The normalized spacial score (nSPS) is 19.8. The molecule has 7 nitrogen and oxygen atoms in total. The van der Waals surface area contributed by atoms with Crippen LogP contribution in [0.25, 0.3) is 0 Å². The number of aryl methyl sites for hydroxylation is 2. The standard InChI is InChI=1S/C23H27N3O4S/c1-16-6-2-3-9-20(16)25-23(28)18-8-5-13-26(15-18)31(29,30)19-11-12-21-17(14-19)7-4-10-22(27)24-21/h2-3,6,9,11-12,14,18H,4-5,7-8,10,13,15H2,1H3,(H,24,27)(H,25,28)/t18-/m0/s1. The van der Waals surface area contributed by atoms with Gasteiger partial charge in [0.15, 0.2) is 0 Å². The number of hydrogen-bond donors (Lipinski definition) is 2. The fraction of sp³-hybridized carbons (Fsp3) is 0.391. The van der Waals surface area contributed by atoms with Crippen molar-refractivity contribution >= 4 is 33.2 Å². The second kappa shape index (κ2) is 8.80. The predicted octanol–water partition coefficient (Wildman–Crippen LogP) is 3.31. The lowest BCUT2D eigenvalue weighted by Gasteiger charge is -2.31. The van der Waals surface area contributed by atoms with Gasteiger partial charge in [-0.1, -0.05) is 18.2 Å². The summed E-state index contributed by atoms with van der Waals surface area (Å²) in [5.74, 6) is -0.602. The van der Waals surface area contributed by atoms with E-state index in [1.807, 2.05) is 31.2 Å². The van der Waals surface area contributed by atoms with E-state index in [9.17, 15) is 18.0 Å². The minimum Gasteiger partial charge on any atom is -0.326 e. The van der Waals surface area contributed by atoms with Crippen LogP contribution < -0.4 is 10.6 Å². The van der Waals surface area contributed by atoms with Crippen LogP contribution in [0.2, 0.25) is 0 Å². The lowest BCUT2D eigenvalue weighted by molar-refractivity contribution is -0.121. The third-order valence-corrected chi connectivity index (χ3v) is 7.86. The Bertz CT molecular complexity index is 1110. The van der Waals surface area contributed by atoms with Crippen molar-refractivity contribution in [3.8, 4) is 0 Å². The molecule has 2 aliphatic rings. The van der Waals surface area contributed by atoms with E-state index in [0.717, 1.165) is 16.8 Å². The zero-order chi connectivity index (χ0) is 22.0. The molecule has 2 N–H and O–H groups in total. The van der Waals surface area contributed by atoms with Gasteiger partial charge < -0.3 is 10.6 Å². The lowest BCUT2D eigenvalue weighted by atomic mass is 9.98. The second-order valence-corrected chi connectivity index (χ2v) is 10.2. The summed E-state index contributed by atoms with van der Waals surface area (Å²) in [5.41, 5.74) is 3.22. The van der Waals surface area contributed by atoms with Crippen LogP contribution in [0, 0.1) is 12.8 Å². The van der Waals surface area contributed by atoms with Crippen LogP contribution >= 0.6 is 0 Å². The van der Waals surface area contributed by atoms with E-state index >= 15 is 0 Å². The van der Waals surface area contributed by atoms with E-state index in [1.165, 1.54) is 10.4 Å². The predicted molar refractivity (Wildman–Crippen MR) is 119 cm³/mol. The molecule has 0 unspecified atom stereocenters. The summed E-state index contributed by atoms with van der Waals surface area (Å²) in [6.07, 6.45) is 3.05. The Morgan fingerprint density at radius 3 is 2.74 bits per heavy atom. The van der Waals surface area contributed by atoms with Crippen molar-refractivity contribution in [3.63, 3.8) is 0 Å². The van der Waals surface area contributed by atoms with Crippen LogP contribution in [-0.2, 0) is 26.0 Å². The maximum Gasteiger partial charge on any atom is 0.243 e.